The molecular weight excluding hydrogens is 307 g/mol. The molecule has 0 aliphatic rings. The summed E-state index contributed by atoms with van der Waals surface area (Å²) in [6, 6.07) is 6.31. The van der Waals surface area contributed by atoms with E-state index in [1.54, 1.807) is 23.8 Å². The van der Waals surface area contributed by atoms with Gasteiger partial charge in [-0.3, -0.25) is 4.31 Å². The second kappa shape index (κ2) is 7.10. The van der Waals surface area contributed by atoms with Gasteiger partial charge in [-0.05, 0) is 24.1 Å². The number of benzene rings is 1. The van der Waals surface area contributed by atoms with Crippen LogP contribution >= 0.6 is 0 Å². The van der Waals surface area contributed by atoms with Crippen LogP contribution in [0, 0.1) is 0 Å². The zero-order valence-electron chi connectivity index (χ0n) is 11.5. The van der Waals surface area contributed by atoms with Crippen molar-refractivity contribution >= 4 is 15.9 Å². The van der Waals surface area contributed by atoms with E-state index in [1.165, 1.54) is 12.1 Å². The Balaban J connectivity index is 2.98. The highest BCUT2D eigenvalue weighted by Gasteiger charge is 2.31. The van der Waals surface area contributed by atoms with E-state index in [4.69, 9.17) is 5.73 Å². The number of halogens is 3. The second-order valence-corrected chi connectivity index (χ2v) is 6.06. The number of nitrogens with two attached hydrogens (primary N) is 1. The summed E-state index contributed by atoms with van der Waals surface area (Å²) in [4.78, 5) is 0. The monoisotopic (exact) mass is 325 g/mol. The zero-order chi connectivity index (χ0) is 16.1. The van der Waals surface area contributed by atoms with Crippen molar-refractivity contribution in [2.45, 2.75) is 26.1 Å². The van der Waals surface area contributed by atoms with Crippen LogP contribution in [0.3, 0.4) is 0 Å². The molecule has 0 bridgehead atoms. The lowest BCUT2D eigenvalue weighted by molar-refractivity contribution is -0.121. The summed E-state index contributed by atoms with van der Waals surface area (Å²) in [7, 11) is -4.26. The summed E-state index contributed by atoms with van der Waals surface area (Å²) in [5, 5.41) is 0. The number of alkyl halides is 3. The average Bonchev–Trinajstić information content (AvgIpc) is 2.42. The lowest BCUT2D eigenvalue weighted by atomic mass is 10.2. The third kappa shape index (κ3) is 5.52. The molecule has 0 aromatic heterocycles. The van der Waals surface area contributed by atoms with Crippen LogP contribution < -0.4 is 14.8 Å². The lowest BCUT2D eigenvalue weighted by Gasteiger charge is -2.24. The molecule has 1 rings (SSSR count). The Bertz CT molecular complexity index is 544. The standard InChI is InChI=1S/C12H18F3N3O2S/c1-2-7-18(11-5-3-10(8-16)4-6-11)21(19,20)17-9-12(13,14)15/h3-6,17H,2,7-9,16H2,1H3. The Hall–Kier alpha value is -1.32. The van der Waals surface area contributed by atoms with E-state index in [9.17, 15) is 21.6 Å². The molecule has 0 radical (unpaired) electrons. The highest BCUT2D eigenvalue weighted by Crippen LogP contribution is 2.20. The minimum Gasteiger partial charge on any atom is -0.326 e. The maximum atomic E-state index is 12.2. The highest BCUT2D eigenvalue weighted by molar-refractivity contribution is 7.90. The fourth-order valence-electron chi connectivity index (χ4n) is 1.64. The van der Waals surface area contributed by atoms with Gasteiger partial charge in [0.2, 0.25) is 0 Å². The van der Waals surface area contributed by atoms with Crippen molar-refractivity contribution in [2.24, 2.45) is 5.73 Å². The number of nitrogens with zero attached hydrogens (tertiary/aromatic N) is 1. The van der Waals surface area contributed by atoms with Gasteiger partial charge in [0.1, 0.15) is 6.54 Å². The first-order valence-corrected chi connectivity index (χ1v) is 7.76. The van der Waals surface area contributed by atoms with Gasteiger partial charge in [-0.2, -0.15) is 26.3 Å². The lowest BCUT2D eigenvalue weighted by Crippen LogP contribution is -2.44. The van der Waals surface area contributed by atoms with E-state index in [0.717, 1.165) is 9.87 Å². The van der Waals surface area contributed by atoms with Gasteiger partial charge >= 0.3 is 16.4 Å². The largest absolute Gasteiger partial charge is 0.402 e. The van der Waals surface area contributed by atoms with Crippen molar-refractivity contribution in [3.63, 3.8) is 0 Å². The summed E-state index contributed by atoms with van der Waals surface area (Å²) in [6.45, 7) is 0.513. The van der Waals surface area contributed by atoms with Crippen molar-refractivity contribution in [3.05, 3.63) is 29.8 Å². The molecular formula is C12H18F3N3O2S. The predicted molar refractivity (Wildman–Crippen MR) is 74.9 cm³/mol. The third-order valence-electron chi connectivity index (χ3n) is 2.63. The first-order valence-electron chi connectivity index (χ1n) is 6.32. The smallest absolute Gasteiger partial charge is 0.326 e. The SMILES string of the molecule is CCCN(c1ccc(CN)cc1)S(=O)(=O)NCC(F)(F)F. The van der Waals surface area contributed by atoms with Gasteiger partial charge in [0.15, 0.2) is 0 Å². The molecule has 1 aromatic carbocycles. The Morgan fingerprint density at radius 1 is 1.24 bits per heavy atom. The summed E-state index contributed by atoms with van der Waals surface area (Å²) in [5.41, 5.74) is 6.54. The molecule has 0 fully saturated rings. The Morgan fingerprint density at radius 2 is 1.81 bits per heavy atom. The highest BCUT2D eigenvalue weighted by atomic mass is 32.2. The third-order valence-corrected chi connectivity index (χ3v) is 4.11. The van der Waals surface area contributed by atoms with E-state index >= 15 is 0 Å². The van der Waals surface area contributed by atoms with Gasteiger partial charge in [-0.25, -0.2) is 0 Å². The van der Waals surface area contributed by atoms with Crippen LogP contribution in [0.5, 0.6) is 0 Å². The molecule has 9 heteroatoms. The van der Waals surface area contributed by atoms with E-state index in [2.05, 4.69) is 0 Å². The van der Waals surface area contributed by atoms with Crippen LogP contribution in [0.2, 0.25) is 0 Å². The predicted octanol–water partition coefficient (Wildman–Crippen LogP) is 1.76. The van der Waals surface area contributed by atoms with E-state index in [-0.39, 0.29) is 6.54 Å². The summed E-state index contributed by atoms with van der Waals surface area (Å²) in [5.74, 6) is 0. The molecule has 1 aromatic rings. The number of hydrogen-bond acceptors (Lipinski definition) is 3. The van der Waals surface area contributed by atoms with E-state index in [0.29, 0.717) is 18.7 Å². The van der Waals surface area contributed by atoms with Gasteiger partial charge < -0.3 is 5.73 Å². The molecule has 0 spiro atoms. The van der Waals surface area contributed by atoms with E-state index < -0.39 is 22.9 Å². The molecule has 5 nitrogen and oxygen atoms in total. The van der Waals surface area contributed by atoms with Crippen LogP contribution in [0.25, 0.3) is 0 Å². The van der Waals surface area contributed by atoms with Crippen LogP contribution in [-0.2, 0) is 16.8 Å². The maximum Gasteiger partial charge on any atom is 0.402 e. The Labute approximate surface area is 122 Å². The van der Waals surface area contributed by atoms with Crippen molar-refractivity contribution in [1.29, 1.82) is 0 Å². The van der Waals surface area contributed by atoms with Gasteiger partial charge in [0, 0.05) is 13.1 Å². The summed E-state index contributed by atoms with van der Waals surface area (Å²) >= 11 is 0. The molecule has 21 heavy (non-hydrogen) atoms. The number of anilines is 1. The summed E-state index contributed by atoms with van der Waals surface area (Å²) in [6.07, 6.45) is -4.14. The normalized spacial score (nSPS) is 12.4. The van der Waals surface area contributed by atoms with E-state index in [1.807, 2.05) is 0 Å². The molecule has 0 amide bonds. The minimum absolute atomic E-state index is 0.0785. The fraction of sp³-hybridized carbons (Fsp3) is 0.500. The van der Waals surface area contributed by atoms with Crippen LogP contribution in [-0.4, -0.2) is 27.7 Å². The van der Waals surface area contributed by atoms with Crippen molar-refractivity contribution in [1.82, 2.24) is 4.72 Å². The minimum atomic E-state index is -4.60. The molecule has 0 unspecified atom stereocenters. The van der Waals surface area contributed by atoms with Crippen LogP contribution in [0.4, 0.5) is 18.9 Å². The van der Waals surface area contributed by atoms with Gasteiger partial charge in [0.05, 0.1) is 5.69 Å². The van der Waals surface area contributed by atoms with Crippen LogP contribution in [0.15, 0.2) is 24.3 Å². The van der Waals surface area contributed by atoms with Crippen molar-refractivity contribution in [2.75, 3.05) is 17.4 Å². The second-order valence-electron chi connectivity index (χ2n) is 4.38. The molecule has 0 saturated heterocycles. The topological polar surface area (TPSA) is 75.4 Å². The van der Waals surface area contributed by atoms with Gasteiger partial charge in [-0.1, -0.05) is 19.1 Å². The summed E-state index contributed by atoms with van der Waals surface area (Å²) < 4.78 is 63.0. The van der Waals surface area contributed by atoms with Crippen molar-refractivity contribution in [3.8, 4) is 0 Å². The molecule has 3 N–H and O–H groups in total. The number of nitrogens with one attached hydrogen (secondary N) is 1. The molecule has 0 saturated carbocycles. The zero-order valence-corrected chi connectivity index (χ0v) is 12.3. The maximum absolute atomic E-state index is 12.2. The van der Waals surface area contributed by atoms with Gasteiger partial charge in [-0.15, -0.1) is 0 Å². The van der Waals surface area contributed by atoms with Crippen LogP contribution in [0.1, 0.15) is 18.9 Å². The average molecular weight is 325 g/mol. The van der Waals surface area contributed by atoms with Gasteiger partial charge in [0.25, 0.3) is 0 Å². The molecule has 0 atom stereocenters. The Morgan fingerprint density at radius 3 is 2.24 bits per heavy atom. The molecule has 0 aliphatic heterocycles. The number of rotatable bonds is 7. The fourth-order valence-corrected chi connectivity index (χ4v) is 2.96. The first kappa shape index (κ1) is 17.7. The first-order chi connectivity index (χ1) is 9.69. The van der Waals surface area contributed by atoms with Crippen molar-refractivity contribution < 1.29 is 21.6 Å². The molecule has 120 valence electrons. The molecule has 0 heterocycles. The Kier molecular flexibility index (Phi) is 5.99. The molecule has 0 aliphatic carbocycles. The number of hydrogen-bond donors (Lipinski definition) is 2. The quantitative estimate of drug-likeness (QED) is 0.802.